The van der Waals surface area contributed by atoms with Crippen molar-refractivity contribution < 1.29 is 14.4 Å². The molecule has 7 nitrogen and oxygen atoms in total. The fourth-order valence-corrected chi connectivity index (χ4v) is 2.60. The van der Waals surface area contributed by atoms with Gasteiger partial charge in [-0.1, -0.05) is 24.3 Å². The van der Waals surface area contributed by atoms with Crippen molar-refractivity contribution in [1.29, 1.82) is 5.26 Å². The number of benzene rings is 2. The first-order valence-corrected chi connectivity index (χ1v) is 8.17. The lowest BCUT2D eigenvalue weighted by atomic mass is 10.1. The minimum absolute atomic E-state index is 0.0769. The number of carbonyl (C=O) groups excluding carboxylic acids is 3. The maximum atomic E-state index is 12.4. The van der Waals surface area contributed by atoms with Gasteiger partial charge in [-0.15, -0.1) is 0 Å². The molecule has 0 atom stereocenters. The second kappa shape index (κ2) is 7.54. The molecule has 27 heavy (non-hydrogen) atoms. The number of rotatable bonds is 4. The van der Waals surface area contributed by atoms with E-state index in [0.29, 0.717) is 16.8 Å². The lowest BCUT2D eigenvalue weighted by Gasteiger charge is -2.12. The summed E-state index contributed by atoms with van der Waals surface area (Å²) in [6.45, 7) is 1.51. The summed E-state index contributed by atoms with van der Waals surface area (Å²) in [5, 5.41) is 13.9. The first kappa shape index (κ1) is 17.9. The Morgan fingerprint density at radius 1 is 1.22 bits per heavy atom. The molecule has 1 aliphatic rings. The molecule has 0 unspecified atom stereocenters. The molecule has 1 fully saturated rings. The monoisotopic (exact) mass is 360 g/mol. The number of nitrogens with zero attached hydrogens (tertiary/aromatic N) is 2. The number of aryl methyl sites for hydroxylation is 1. The summed E-state index contributed by atoms with van der Waals surface area (Å²) in [7, 11) is 0. The van der Waals surface area contributed by atoms with E-state index < -0.39 is 17.8 Å². The molecule has 2 aromatic carbocycles. The van der Waals surface area contributed by atoms with E-state index in [1.807, 2.05) is 19.1 Å². The largest absolute Gasteiger partial charge is 0.329 e. The van der Waals surface area contributed by atoms with Crippen molar-refractivity contribution in [3.05, 3.63) is 70.9 Å². The highest BCUT2D eigenvalue weighted by atomic mass is 16.2. The van der Waals surface area contributed by atoms with E-state index in [9.17, 15) is 14.4 Å². The third-order valence-corrected chi connectivity index (χ3v) is 3.92. The minimum atomic E-state index is -0.653. The van der Waals surface area contributed by atoms with Crippen LogP contribution < -0.4 is 10.6 Å². The zero-order chi connectivity index (χ0) is 19.4. The highest BCUT2D eigenvalue weighted by molar-refractivity contribution is 6.15. The Kier molecular flexibility index (Phi) is 4.99. The van der Waals surface area contributed by atoms with Crippen LogP contribution in [0.15, 0.2) is 54.2 Å². The van der Waals surface area contributed by atoms with Gasteiger partial charge in [0.15, 0.2) is 0 Å². The van der Waals surface area contributed by atoms with E-state index in [1.165, 1.54) is 6.08 Å². The fourth-order valence-electron chi connectivity index (χ4n) is 2.60. The molecule has 4 amide bonds. The van der Waals surface area contributed by atoms with Gasteiger partial charge in [-0.3, -0.25) is 9.59 Å². The summed E-state index contributed by atoms with van der Waals surface area (Å²) in [6.07, 6.45) is 1.50. The molecule has 7 heteroatoms. The van der Waals surface area contributed by atoms with Gasteiger partial charge in [-0.2, -0.15) is 5.26 Å². The van der Waals surface area contributed by atoms with Gasteiger partial charge in [-0.05, 0) is 48.4 Å². The van der Waals surface area contributed by atoms with E-state index in [1.54, 1.807) is 42.5 Å². The van der Waals surface area contributed by atoms with Gasteiger partial charge in [0.25, 0.3) is 5.91 Å². The van der Waals surface area contributed by atoms with Crippen LogP contribution in [0.25, 0.3) is 6.08 Å². The van der Waals surface area contributed by atoms with Crippen molar-refractivity contribution >= 4 is 29.6 Å². The summed E-state index contributed by atoms with van der Waals surface area (Å²) in [6, 6.07) is 15.1. The number of hydrogen-bond donors (Lipinski definition) is 2. The van der Waals surface area contributed by atoms with Gasteiger partial charge in [0.05, 0.1) is 11.6 Å². The predicted molar refractivity (Wildman–Crippen MR) is 99.2 cm³/mol. The van der Waals surface area contributed by atoms with E-state index in [-0.39, 0.29) is 12.2 Å². The number of hydrogen-bond acceptors (Lipinski definition) is 4. The Hall–Kier alpha value is -3.92. The standard InChI is InChI=1S/C20H16N4O3/c1-13-3-2-4-16(9-13)22-18(25)12-24-19(26)17(23-20(24)27)10-14-5-7-15(11-21)8-6-14/h2-10H,12H2,1H3,(H,22,25)(H,23,27)/b17-10+. The second-order valence-corrected chi connectivity index (χ2v) is 6.03. The van der Waals surface area contributed by atoms with E-state index in [0.717, 1.165) is 10.5 Å². The van der Waals surface area contributed by atoms with Crippen LogP contribution in [0.1, 0.15) is 16.7 Å². The van der Waals surface area contributed by atoms with Gasteiger partial charge < -0.3 is 10.6 Å². The Morgan fingerprint density at radius 3 is 2.63 bits per heavy atom. The fraction of sp³-hybridized carbons (Fsp3) is 0.100. The average Bonchev–Trinajstić information content (AvgIpc) is 2.90. The molecule has 1 heterocycles. The minimum Gasteiger partial charge on any atom is -0.325 e. The van der Waals surface area contributed by atoms with Gasteiger partial charge in [0.2, 0.25) is 5.91 Å². The van der Waals surface area contributed by atoms with Crippen molar-refractivity contribution in [2.45, 2.75) is 6.92 Å². The molecule has 0 aromatic heterocycles. The molecule has 2 N–H and O–H groups in total. The number of anilines is 1. The first-order chi connectivity index (χ1) is 13.0. The Bertz CT molecular complexity index is 987. The van der Waals surface area contributed by atoms with Crippen LogP contribution in [0.3, 0.4) is 0 Å². The lowest BCUT2D eigenvalue weighted by molar-refractivity contribution is -0.127. The van der Waals surface area contributed by atoms with Crippen LogP contribution in [0.5, 0.6) is 0 Å². The smallest absolute Gasteiger partial charge is 0.325 e. The highest BCUT2D eigenvalue weighted by Crippen LogP contribution is 2.15. The third kappa shape index (κ3) is 4.19. The Morgan fingerprint density at radius 2 is 1.96 bits per heavy atom. The van der Waals surface area contributed by atoms with Crippen LogP contribution in [0.4, 0.5) is 10.5 Å². The zero-order valence-electron chi connectivity index (χ0n) is 14.5. The molecule has 0 aliphatic carbocycles. The number of amides is 4. The predicted octanol–water partition coefficient (Wildman–Crippen LogP) is 2.40. The summed E-state index contributed by atoms with van der Waals surface area (Å²) in [4.78, 5) is 37.5. The lowest BCUT2D eigenvalue weighted by Crippen LogP contribution is -2.38. The van der Waals surface area contributed by atoms with E-state index in [2.05, 4.69) is 10.6 Å². The molecule has 134 valence electrons. The number of nitrogens with one attached hydrogen (secondary N) is 2. The number of urea groups is 1. The molecular formula is C20H16N4O3. The molecule has 0 radical (unpaired) electrons. The van der Waals surface area contributed by atoms with Crippen molar-refractivity contribution in [3.8, 4) is 6.07 Å². The zero-order valence-corrected chi connectivity index (χ0v) is 14.5. The maximum Gasteiger partial charge on any atom is 0.329 e. The van der Waals surface area contributed by atoms with Gasteiger partial charge >= 0.3 is 6.03 Å². The molecule has 3 rings (SSSR count). The molecule has 0 saturated carbocycles. The molecule has 1 aliphatic heterocycles. The van der Waals surface area contributed by atoms with Crippen molar-refractivity contribution in [1.82, 2.24) is 10.2 Å². The maximum absolute atomic E-state index is 12.4. The quantitative estimate of drug-likeness (QED) is 0.645. The van der Waals surface area contributed by atoms with Crippen LogP contribution in [-0.2, 0) is 9.59 Å². The molecule has 1 saturated heterocycles. The summed E-state index contributed by atoms with van der Waals surface area (Å²) in [5.74, 6) is -1.05. The number of carbonyl (C=O) groups is 3. The highest BCUT2D eigenvalue weighted by Gasteiger charge is 2.34. The van der Waals surface area contributed by atoms with Gasteiger partial charge in [0, 0.05) is 5.69 Å². The normalized spacial score (nSPS) is 14.8. The second-order valence-electron chi connectivity index (χ2n) is 6.03. The van der Waals surface area contributed by atoms with Crippen molar-refractivity contribution in [2.24, 2.45) is 0 Å². The van der Waals surface area contributed by atoms with Crippen LogP contribution >= 0.6 is 0 Å². The van der Waals surface area contributed by atoms with Crippen molar-refractivity contribution in [2.75, 3.05) is 11.9 Å². The summed E-state index contributed by atoms with van der Waals surface area (Å²) >= 11 is 0. The summed E-state index contributed by atoms with van der Waals surface area (Å²) in [5.41, 5.74) is 2.81. The number of imide groups is 1. The van der Waals surface area contributed by atoms with E-state index in [4.69, 9.17) is 5.26 Å². The average molecular weight is 360 g/mol. The van der Waals surface area contributed by atoms with Gasteiger partial charge in [0.1, 0.15) is 12.2 Å². The molecule has 2 aromatic rings. The summed E-state index contributed by atoms with van der Waals surface area (Å²) < 4.78 is 0. The van der Waals surface area contributed by atoms with Crippen molar-refractivity contribution in [3.63, 3.8) is 0 Å². The van der Waals surface area contributed by atoms with Gasteiger partial charge in [-0.25, -0.2) is 9.69 Å². The number of nitriles is 1. The SMILES string of the molecule is Cc1cccc(NC(=O)CN2C(=O)N/C(=C/c3ccc(C#N)cc3)C2=O)c1. The Balaban J connectivity index is 1.69. The van der Waals surface area contributed by atoms with Crippen LogP contribution in [0, 0.1) is 18.3 Å². The molecular weight excluding hydrogens is 344 g/mol. The topological polar surface area (TPSA) is 102 Å². The molecule has 0 bridgehead atoms. The Labute approximate surface area is 155 Å². The van der Waals surface area contributed by atoms with Crippen LogP contribution in [0.2, 0.25) is 0 Å². The van der Waals surface area contributed by atoms with E-state index >= 15 is 0 Å². The third-order valence-electron chi connectivity index (χ3n) is 3.92. The molecule has 0 spiro atoms. The first-order valence-electron chi connectivity index (χ1n) is 8.17. The van der Waals surface area contributed by atoms with Crippen LogP contribution in [-0.4, -0.2) is 29.3 Å².